The first-order chi connectivity index (χ1) is 18.4. The molecule has 0 spiro atoms. The number of nitrogens with two attached hydrogens (primary N) is 1. The maximum Gasteiger partial charge on any atom is 0.352 e. The molecule has 2 saturated carbocycles. The molecule has 5 N–H and O–H groups in total. The fourth-order valence-corrected chi connectivity index (χ4v) is 7.15. The van der Waals surface area contributed by atoms with Gasteiger partial charge in [-0.2, -0.15) is 0 Å². The van der Waals surface area contributed by atoms with Crippen LogP contribution in [0.25, 0.3) is 10.9 Å². The molecule has 1 aromatic heterocycles. The third-order valence-corrected chi connectivity index (χ3v) is 9.28. The number of benzene rings is 1. The summed E-state index contributed by atoms with van der Waals surface area (Å²) in [5, 5.41) is 13.0. The molecule has 0 bridgehead atoms. The van der Waals surface area contributed by atoms with E-state index < -0.39 is 24.7 Å². The Hall–Kier alpha value is -2.94. The number of carboxylic acid groups (broad SMARTS) is 1. The maximum absolute atomic E-state index is 13.8. The number of anilines is 1. The zero-order valence-electron chi connectivity index (χ0n) is 21.8. The van der Waals surface area contributed by atoms with Crippen molar-refractivity contribution in [2.24, 2.45) is 29.4 Å². The molecule has 206 valence electrons. The fraction of sp³-hybridized carbons (Fsp3) is 0.621. The number of aromatic carboxylic acids is 1. The quantitative estimate of drug-likeness (QED) is 0.416. The molecule has 2 aliphatic carbocycles. The summed E-state index contributed by atoms with van der Waals surface area (Å²) in [6, 6.07) is 5.85. The topological polar surface area (TPSA) is 129 Å². The van der Waals surface area contributed by atoms with Crippen LogP contribution in [0.2, 0.25) is 0 Å². The highest BCUT2D eigenvalue weighted by molar-refractivity contribution is 6.00. The molecule has 2 aromatic rings. The second-order valence-electron chi connectivity index (χ2n) is 11.5. The Morgan fingerprint density at radius 2 is 1.79 bits per heavy atom. The van der Waals surface area contributed by atoms with Crippen LogP contribution >= 0.6 is 0 Å². The first-order valence-corrected chi connectivity index (χ1v) is 14.1. The molecule has 3 aliphatic rings. The number of alkyl halides is 1. The van der Waals surface area contributed by atoms with Crippen molar-refractivity contribution in [3.63, 3.8) is 0 Å². The van der Waals surface area contributed by atoms with E-state index in [4.69, 9.17) is 5.73 Å². The molecular weight excluding hydrogens is 487 g/mol. The predicted molar refractivity (Wildman–Crippen MR) is 143 cm³/mol. The van der Waals surface area contributed by atoms with E-state index >= 15 is 0 Å². The molecule has 1 aromatic carbocycles. The van der Waals surface area contributed by atoms with E-state index in [0.717, 1.165) is 32.1 Å². The fourth-order valence-electron chi connectivity index (χ4n) is 7.15. The van der Waals surface area contributed by atoms with Gasteiger partial charge in [0.1, 0.15) is 18.4 Å². The van der Waals surface area contributed by atoms with Gasteiger partial charge in [0.25, 0.3) is 0 Å². The van der Waals surface area contributed by atoms with Crippen molar-refractivity contribution in [3.8, 4) is 0 Å². The summed E-state index contributed by atoms with van der Waals surface area (Å²) in [5.41, 5.74) is 7.28. The summed E-state index contributed by atoms with van der Waals surface area (Å²) < 4.78 is 13.1. The van der Waals surface area contributed by atoms with Gasteiger partial charge in [0.2, 0.25) is 11.8 Å². The minimum absolute atomic E-state index is 0.0444. The number of fused-ring (bicyclic) bond motifs is 1. The lowest BCUT2D eigenvalue weighted by Gasteiger charge is -2.36. The number of aromatic amines is 1. The number of aromatic nitrogens is 1. The van der Waals surface area contributed by atoms with Gasteiger partial charge >= 0.3 is 5.97 Å². The number of H-pyrrole nitrogens is 1. The lowest BCUT2D eigenvalue weighted by Crippen LogP contribution is -2.50. The molecule has 1 aliphatic heterocycles. The van der Waals surface area contributed by atoms with E-state index in [1.807, 2.05) is 4.90 Å². The highest BCUT2D eigenvalue weighted by atomic mass is 19.1. The third-order valence-electron chi connectivity index (χ3n) is 9.28. The Bertz CT molecular complexity index is 1170. The summed E-state index contributed by atoms with van der Waals surface area (Å²) >= 11 is 0. The van der Waals surface area contributed by atoms with Crippen molar-refractivity contribution < 1.29 is 23.9 Å². The third kappa shape index (κ3) is 5.44. The zero-order valence-corrected chi connectivity index (χ0v) is 21.8. The molecule has 1 saturated heterocycles. The van der Waals surface area contributed by atoms with E-state index in [2.05, 4.69) is 10.3 Å². The number of carbonyl (C=O) groups is 3. The van der Waals surface area contributed by atoms with E-state index in [-0.39, 0.29) is 35.3 Å². The SMILES string of the molecule is N[C@H](CF)[C@H]1CC[C@H](C(=O)N2CCC(C3CCCCC3)[C@H]2C(=O)Nc2ccc3[nH]c(C(=O)O)cc3c2)CC1. The number of hydrogen-bond acceptors (Lipinski definition) is 4. The Morgan fingerprint density at radius 3 is 2.47 bits per heavy atom. The van der Waals surface area contributed by atoms with Crippen LogP contribution in [0.1, 0.15) is 74.7 Å². The van der Waals surface area contributed by atoms with Crippen LogP contribution in [0.15, 0.2) is 24.3 Å². The van der Waals surface area contributed by atoms with E-state index in [0.29, 0.717) is 41.9 Å². The van der Waals surface area contributed by atoms with Gasteiger partial charge in [0.05, 0.1) is 0 Å². The monoisotopic (exact) mass is 526 g/mol. The summed E-state index contributed by atoms with van der Waals surface area (Å²) in [6.07, 6.45) is 9.43. The molecular formula is C29H39FN4O4. The van der Waals surface area contributed by atoms with Gasteiger partial charge in [0, 0.05) is 35.1 Å². The number of nitrogens with zero attached hydrogens (tertiary/aromatic N) is 1. The predicted octanol–water partition coefficient (Wildman–Crippen LogP) is 4.71. The molecule has 5 rings (SSSR count). The second kappa shape index (κ2) is 11.4. The van der Waals surface area contributed by atoms with Crippen molar-refractivity contribution >= 4 is 34.4 Å². The van der Waals surface area contributed by atoms with Gasteiger partial charge in [-0.05, 0) is 74.1 Å². The first kappa shape index (κ1) is 26.7. The second-order valence-corrected chi connectivity index (χ2v) is 11.5. The lowest BCUT2D eigenvalue weighted by atomic mass is 9.76. The van der Waals surface area contributed by atoms with Crippen molar-refractivity contribution in [1.29, 1.82) is 0 Å². The molecule has 2 heterocycles. The Labute approximate surface area is 222 Å². The van der Waals surface area contributed by atoms with Crippen molar-refractivity contribution in [1.82, 2.24) is 9.88 Å². The Kier molecular flexibility index (Phi) is 8.02. The summed E-state index contributed by atoms with van der Waals surface area (Å²) in [4.78, 5) is 43.6. The van der Waals surface area contributed by atoms with Crippen LogP contribution in [0.3, 0.4) is 0 Å². The molecule has 38 heavy (non-hydrogen) atoms. The molecule has 3 fully saturated rings. The van der Waals surface area contributed by atoms with Gasteiger partial charge in [-0.15, -0.1) is 0 Å². The van der Waals surface area contributed by atoms with Crippen LogP contribution in [-0.2, 0) is 9.59 Å². The minimum Gasteiger partial charge on any atom is -0.477 e. The van der Waals surface area contributed by atoms with Crippen molar-refractivity contribution in [2.75, 3.05) is 18.5 Å². The highest BCUT2D eigenvalue weighted by Gasteiger charge is 2.47. The number of amides is 2. The Balaban J connectivity index is 1.34. The van der Waals surface area contributed by atoms with E-state index in [1.165, 1.54) is 19.3 Å². The maximum atomic E-state index is 13.8. The summed E-state index contributed by atoms with van der Waals surface area (Å²) in [6.45, 7) is 0.0493. The number of rotatable bonds is 7. The van der Waals surface area contributed by atoms with Gasteiger partial charge in [-0.3, -0.25) is 9.59 Å². The minimum atomic E-state index is -1.04. The number of likely N-dealkylation sites (tertiary alicyclic amines) is 1. The van der Waals surface area contributed by atoms with E-state index in [1.54, 1.807) is 24.3 Å². The molecule has 2 amide bonds. The number of nitrogens with one attached hydrogen (secondary N) is 2. The standard InChI is InChI=1S/C29H39FN4O4/c30-16-23(31)18-6-8-19(9-7-18)28(36)34-13-12-22(17-4-2-1-3-5-17)26(34)27(35)32-21-10-11-24-20(14-21)15-25(33-24)29(37)38/h10-11,14-15,17-19,22-23,26,33H,1-9,12-13,16,31H2,(H,32,35)(H,37,38)/t18-,19-,22?,23-,26+/m1/s1. The lowest BCUT2D eigenvalue weighted by molar-refractivity contribution is -0.142. The van der Waals surface area contributed by atoms with Gasteiger partial charge < -0.3 is 26.0 Å². The molecule has 8 nitrogen and oxygen atoms in total. The largest absolute Gasteiger partial charge is 0.477 e. The van der Waals surface area contributed by atoms with Crippen molar-refractivity contribution in [3.05, 3.63) is 30.0 Å². The smallest absolute Gasteiger partial charge is 0.352 e. The van der Waals surface area contributed by atoms with Crippen LogP contribution in [-0.4, -0.2) is 58.1 Å². The molecule has 0 radical (unpaired) electrons. The number of hydrogen-bond donors (Lipinski definition) is 4. The average molecular weight is 527 g/mol. The summed E-state index contributed by atoms with van der Waals surface area (Å²) in [7, 11) is 0. The van der Waals surface area contributed by atoms with Gasteiger partial charge in [0.15, 0.2) is 0 Å². The molecule has 3 atom stereocenters. The molecule has 1 unspecified atom stereocenters. The van der Waals surface area contributed by atoms with E-state index in [9.17, 15) is 23.9 Å². The highest BCUT2D eigenvalue weighted by Crippen LogP contribution is 2.41. The number of carboxylic acids is 1. The molecule has 9 heteroatoms. The number of carbonyl (C=O) groups excluding carboxylic acids is 2. The normalized spacial score (nSPS) is 27.4. The zero-order chi connectivity index (χ0) is 26.8. The van der Waals surface area contributed by atoms with Gasteiger partial charge in [-0.1, -0.05) is 32.1 Å². The van der Waals surface area contributed by atoms with Crippen molar-refractivity contribution in [2.45, 2.75) is 76.3 Å². The van der Waals surface area contributed by atoms with Crippen LogP contribution in [0.4, 0.5) is 10.1 Å². The van der Waals surface area contributed by atoms with Crippen LogP contribution in [0.5, 0.6) is 0 Å². The number of halogens is 1. The van der Waals surface area contributed by atoms with Crippen LogP contribution in [0, 0.1) is 23.7 Å². The average Bonchev–Trinajstić information content (AvgIpc) is 3.58. The van der Waals surface area contributed by atoms with Gasteiger partial charge in [-0.25, -0.2) is 9.18 Å². The van der Waals surface area contributed by atoms with Crippen LogP contribution < -0.4 is 11.1 Å². The first-order valence-electron chi connectivity index (χ1n) is 14.1. The summed E-state index contributed by atoms with van der Waals surface area (Å²) in [5.74, 6) is -0.643. The Morgan fingerprint density at radius 1 is 1.05 bits per heavy atom.